The van der Waals surface area contributed by atoms with Crippen LogP contribution in [-0.2, 0) is 19.6 Å². The number of imidazole rings is 1. The van der Waals surface area contributed by atoms with Gasteiger partial charge >= 0.3 is 0 Å². The molecule has 0 bridgehead atoms. The van der Waals surface area contributed by atoms with Gasteiger partial charge in [0.2, 0.25) is 0 Å². The first kappa shape index (κ1) is 14.8. The van der Waals surface area contributed by atoms with Crippen LogP contribution in [0.25, 0.3) is 0 Å². The molecule has 22 heavy (non-hydrogen) atoms. The molecule has 0 unspecified atom stereocenters. The third-order valence-electron chi connectivity index (χ3n) is 4.19. The zero-order valence-corrected chi connectivity index (χ0v) is 13.2. The molecule has 118 valence electrons. The van der Waals surface area contributed by atoms with E-state index in [2.05, 4.69) is 29.5 Å². The second kappa shape index (κ2) is 6.36. The number of amides is 1. The van der Waals surface area contributed by atoms with Gasteiger partial charge in [-0.2, -0.15) is 0 Å². The zero-order chi connectivity index (χ0) is 15.5. The summed E-state index contributed by atoms with van der Waals surface area (Å²) in [6.45, 7) is 9.27. The van der Waals surface area contributed by atoms with Crippen LogP contribution in [0.2, 0.25) is 0 Å². The Bertz CT molecular complexity index is 629. The van der Waals surface area contributed by atoms with Gasteiger partial charge in [0.1, 0.15) is 12.1 Å². The first-order chi connectivity index (χ1) is 10.7. The molecule has 0 fully saturated rings. The fraction of sp³-hybridized carbons (Fsp3) is 0.500. The Morgan fingerprint density at radius 3 is 2.86 bits per heavy atom. The maximum atomic E-state index is 12.4. The summed E-state index contributed by atoms with van der Waals surface area (Å²) in [4.78, 5) is 21.2. The van der Waals surface area contributed by atoms with Gasteiger partial charge < -0.3 is 13.9 Å². The zero-order valence-electron chi connectivity index (χ0n) is 13.2. The third-order valence-corrected chi connectivity index (χ3v) is 4.19. The van der Waals surface area contributed by atoms with Crippen molar-refractivity contribution in [1.82, 2.24) is 19.4 Å². The number of hydrogen-bond acceptors (Lipinski definition) is 4. The average molecular weight is 302 g/mol. The monoisotopic (exact) mass is 302 g/mol. The Morgan fingerprint density at radius 1 is 1.36 bits per heavy atom. The minimum atomic E-state index is 0.00768. The van der Waals surface area contributed by atoms with Crippen LogP contribution in [0.4, 0.5) is 0 Å². The standard InChI is InChI=1S/C16H22N4O2/c1-3-18(4-2)9-14-10-19-6-7-20(11-15(19)17-14)16(21)13-5-8-22-12-13/h5,8,10,12H,3-4,6-7,9,11H2,1-2H3. The van der Waals surface area contributed by atoms with Gasteiger partial charge in [-0.15, -0.1) is 0 Å². The molecule has 0 saturated carbocycles. The van der Waals surface area contributed by atoms with E-state index in [4.69, 9.17) is 9.40 Å². The lowest BCUT2D eigenvalue weighted by Crippen LogP contribution is -2.38. The van der Waals surface area contributed by atoms with Crippen molar-refractivity contribution in [2.24, 2.45) is 0 Å². The number of nitrogens with zero attached hydrogens (tertiary/aromatic N) is 4. The van der Waals surface area contributed by atoms with Crippen LogP contribution in [0.1, 0.15) is 35.7 Å². The Kier molecular flexibility index (Phi) is 4.29. The molecule has 6 nitrogen and oxygen atoms in total. The summed E-state index contributed by atoms with van der Waals surface area (Å²) in [5.74, 6) is 0.971. The van der Waals surface area contributed by atoms with Gasteiger partial charge in [-0.3, -0.25) is 9.69 Å². The Labute approximate surface area is 130 Å². The van der Waals surface area contributed by atoms with Gasteiger partial charge in [-0.25, -0.2) is 4.98 Å². The largest absolute Gasteiger partial charge is 0.472 e. The molecule has 0 aromatic carbocycles. The molecule has 3 heterocycles. The predicted molar refractivity (Wildman–Crippen MR) is 82.3 cm³/mol. The first-order valence-corrected chi connectivity index (χ1v) is 7.80. The molecule has 0 spiro atoms. The Morgan fingerprint density at radius 2 is 2.18 bits per heavy atom. The van der Waals surface area contributed by atoms with E-state index in [1.54, 1.807) is 6.07 Å². The van der Waals surface area contributed by atoms with Crippen molar-refractivity contribution in [1.29, 1.82) is 0 Å². The van der Waals surface area contributed by atoms with E-state index in [9.17, 15) is 4.79 Å². The molecule has 6 heteroatoms. The highest BCUT2D eigenvalue weighted by Crippen LogP contribution is 2.16. The summed E-state index contributed by atoms with van der Waals surface area (Å²) in [6.07, 6.45) is 5.14. The van der Waals surface area contributed by atoms with E-state index in [1.807, 2.05) is 4.90 Å². The third kappa shape index (κ3) is 2.92. The molecule has 0 radical (unpaired) electrons. The summed E-state index contributed by atoms with van der Waals surface area (Å²) < 4.78 is 7.16. The fourth-order valence-corrected chi connectivity index (χ4v) is 2.81. The number of carbonyl (C=O) groups is 1. The van der Waals surface area contributed by atoms with Crippen molar-refractivity contribution in [3.63, 3.8) is 0 Å². The van der Waals surface area contributed by atoms with E-state index < -0.39 is 0 Å². The van der Waals surface area contributed by atoms with E-state index in [0.29, 0.717) is 18.7 Å². The quantitative estimate of drug-likeness (QED) is 0.847. The van der Waals surface area contributed by atoms with Gasteiger partial charge in [0, 0.05) is 25.8 Å². The number of hydrogen-bond donors (Lipinski definition) is 0. The molecule has 2 aromatic heterocycles. The van der Waals surface area contributed by atoms with Crippen molar-refractivity contribution in [2.45, 2.75) is 33.5 Å². The average Bonchev–Trinajstić information content (AvgIpc) is 3.20. The minimum Gasteiger partial charge on any atom is -0.472 e. The summed E-state index contributed by atoms with van der Waals surface area (Å²) in [6, 6.07) is 1.70. The summed E-state index contributed by atoms with van der Waals surface area (Å²) >= 11 is 0. The van der Waals surface area contributed by atoms with Crippen LogP contribution < -0.4 is 0 Å². The molecule has 3 rings (SSSR count). The molecule has 0 aliphatic carbocycles. The van der Waals surface area contributed by atoms with Crippen molar-refractivity contribution in [3.05, 3.63) is 41.9 Å². The van der Waals surface area contributed by atoms with Crippen LogP contribution in [0.5, 0.6) is 0 Å². The molecule has 1 aliphatic rings. The van der Waals surface area contributed by atoms with Crippen LogP contribution in [0.15, 0.2) is 29.2 Å². The second-order valence-corrected chi connectivity index (χ2v) is 5.54. The Hall–Kier alpha value is -2.08. The van der Waals surface area contributed by atoms with E-state index >= 15 is 0 Å². The predicted octanol–water partition coefficient (Wildman–Crippen LogP) is 1.97. The molecule has 0 saturated heterocycles. The van der Waals surface area contributed by atoms with E-state index in [1.165, 1.54) is 12.5 Å². The van der Waals surface area contributed by atoms with Crippen LogP contribution in [0, 0.1) is 0 Å². The first-order valence-electron chi connectivity index (χ1n) is 7.80. The SMILES string of the molecule is CCN(CC)Cc1cn2c(n1)CN(C(=O)c1ccoc1)CC2. The smallest absolute Gasteiger partial charge is 0.257 e. The highest BCUT2D eigenvalue weighted by Gasteiger charge is 2.24. The molecule has 0 atom stereocenters. The number of carbonyl (C=O) groups excluding carboxylic acids is 1. The van der Waals surface area contributed by atoms with Gasteiger partial charge in [-0.1, -0.05) is 13.8 Å². The molecule has 0 N–H and O–H groups in total. The lowest BCUT2D eigenvalue weighted by Gasteiger charge is -2.27. The van der Waals surface area contributed by atoms with E-state index in [-0.39, 0.29) is 5.91 Å². The highest BCUT2D eigenvalue weighted by molar-refractivity contribution is 5.93. The van der Waals surface area contributed by atoms with E-state index in [0.717, 1.165) is 37.7 Å². The molecular formula is C16H22N4O2. The van der Waals surface area contributed by atoms with Crippen LogP contribution in [0.3, 0.4) is 0 Å². The second-order valence-electron chi connectivity index (χ2n) is 5.54. The van der Waals surface area contributed by atoms with Crippen molar-refractivity contribution < 1.29 is 9.21 Å². The van der Waals surface area contributed by atoms with Gasteiger partial charge in [0.05, 0.1) is 24.1 Å². The molecule has 1 aliphatic heterocycles. The van der Waals surface area contributed by atoms with Gasteiger partial charge in [0.25, 0.3) is 5.91 Å². The lowest BCUT2D eigenvalue weighted by atomic mass is 10.2. The molecular weight excluding hydrogens is 280 g/mol. The maximum Gasteiger partial charge on any atom is 0.257 e. The number of fused-ring (bicyclic) bond motifs is 1. The maximum absolute atomic E-state index is 12.4. The van der Waals surface area contributed by atoms with Gasteiger partial charge in [-0.05, 0) is 19.2 Å². The molecule has 1 amide bonds. The lowest BCUT2D eigenvalue weighted by molar-refractivity contribution is 0.0707. The van der Waals surface area contributed by atoms with Gasteiger partial charge in [0.15, 0.2) is 0 Å². The normalized spacial score (nSPS) is 14.4. The number of aromatic nitrogens is 2. The summed E-state index contributed by atoms with van der Waals surface area (Å²) in [5, 5.41) is 0. The number of rotatable bonds is 5. The topological polar surface area (TPSA) is 54.5 Å². The van der Waals surface area contributed by atoms with Crippen molar-refractivity contribution in [3.8, 4) is 0 Å². The van der Waals surface area contributed by atoms with Crippen LogP contribution in [-0.4, -0.2) is 44.9 Å². The Balaban J connectivity index is 1.70. The fourth-order valence-electron chi connectivity index (χ4n) is 2.81. The highest BCUT2D eigenvalue weighted by atomic mass is 16.3. The number of furan rings is 1. The van der Waals surface area contributed by atoms with Crippen LogP contribution >= 0.6 is 0 Å². The summed E-state index contributed by atoms with van der Waals surface area (Å²) in [7, 11) is 0. The van der Waals surface area contributed by atoms with Crippen molar-refractivity contribution >= 4 is 5.91 Å². The minimum absolute atomic E-state index is 0.00768. The molecule has 2 aromatic rings. The van der Waals surface area contributed by atoms with Crippen molar-refractivity contribution in [2.75, 3.05) is 19.6 Å². The summed E-state index contributed by atoms with van der Waals surface area (Å²) in [5.41, 5.74) is 1.68.